The highest BCUT2D eigenvalue weighted by molar-refractivity contribution is 5.97. The summed E-state index contributed by atoms with van der Waals surface area (Å²) in [4.78, 5) is 40.3. The fourth-order valence-electron chi connectivity index (χ4n) is 3.46. The Hall–Kier alpha value is -5.05. The van der Waals surface area contributed by atoms with Crippen LogP contribution in [0.4, 0.5) is 11.4 Å². The number of para-hydroxylation sites is 1. The summed E-state index contributed by atoms with van der Waals surface area (Å²) in [6.07, 6.45) is 7.01. The van der Waals surface area contributed by atoms with Gasteiger partial charge in [0.25, 0.3) is 5.91 Å². The van der Waals surface area contributed by atoms with E-state index in [4.69, 9.17) is 4.74 Å². The van der Waals surface area contributed by atoms with Crippen LogP contribution in [-0.4, -0.2) is 38.7 Å². The molecule has 4 rings (SSSR count). The first-order chi connectivity index (χ1) is 17.9. The lowest BCUT2D eigenvalue weighted by atomic mass is 10.1. The normalized spacial score (nSPS) is 11.6. The molecule has 0 saturated heterocycles. The molecule has 186 valence electrons. The number of hydrogen-bond donors (Lipinski definition) is 2. The van der Waals surface area contributed by atoms with E-state index >= 15 is 0 Å². The number of nitrogens with one attached hydrogen (secondary N) is 2. The number of hydrogen-bond acceptors (Lipinski definition) is 6. The van der Waals surface area contributed by atoms with E-state index in [9.17, 15) is 14.4 Å². The van der Waals surface area contributed by atoms with Crippen LogP contribution in [0.1, 0.15) is 19.4 Å². The smallest absolute Gasteiger partial charge is 0.331 e. The minimum Gasteiger partial charge on any atom is -0.449 e. The van der Waals surface area contributed by atoms with Gasteiger partial charge in [-0.3, -0.25) is 14.6 Å². The summed E-state index contributed by atoms with van der Waals surface area (Å²) in [6, 6.07) is 19.9. The maximum absolute atomic E-state index is 12.5. The largest absolute Gasteiger partial charge is 0.449 e. The minimum absolute atomic E-state index is 0.189. The molecular formula is C28H25N5O4. The molecule has 9 heteroatoms. The van der Waals surface area contributed by atoms with E-state index in [2.05, 4.69) is 20.7 Å². The van der Waals surface area contributed by atoms with Crippen LogP contribution in [-0.2, 0) is 19.1 Å². The molecule has 4 aromatic rings. The van der Waals surface area contributed by atoms with Gasteiger partial charge in [0.05, 0.1) is 5.69 Å². The van der Waals surface area contributed by atoms with Gasteiger partial charge in [0.15, 0.2) is 6.10 Å². The van der Waals surface area contributed by atoms with E-state index in [1.54, 1.807) is 47.4 Å². The van der Waals surface area contributed by atoms with Gasteiger partial charge in [-0.15, -0.1) is 0 Å². The molecule has 0 radical (unpaired) electrons. The van der Waals surface area contributed by atoms with Crippen molar-refractivity contribution in [1.29, 1.82) is 0 Å². The van der Waals surface area contributed by atoms with Crippen molar-refractivity contribution in [2.24, 2.45) is 0 Å². The Morgan fingerprint density at radius 2 is 1.65 bits per heavy atom. The number of benzene rings is 2. The lowest BCUT2D eigenvalue weighted by Crippen LogP contribution is -2.29. The predicted molar refractivity (Wildman–Crippen MR) is 141 cm³/mol. The molecule has 1 unspecified atom stereocenters. The minimum atomic E-state index is -1.03. The summed E-state index contributed by atoms with van der Waals surface area (Å²) in [6.45, 7) is 2.90. The SMILES string of the molecule is CC(=O)Nc1ccc(NC(=O)C(C)OC(=O)/C=C/c2cn(-c3ccccc3)nc2-c2cccnc2)cc1. The number of esters is 1. The third kappa shape index (κ3) is 6.76. The van der Waals surface area contributed by atoms with E-state index in [1.807, 2.05) is 48.7 Å². The Balaban J connectivity index is 1.43. The van der Waals surface area contributed by atoms with Crippen molar-refractivity contribution in [3.05, 3.63) is 97.0 Å². The van der Waals surface area contributed by atoms with Gasteiger partial charge in [-0.05, 0) is 61.5 Å². The Morgan fingerprint density at radius 3 is 2.30 bits per heavy atom. The fraction of sp³-hybridized carbons (Fsp3) is 0.107. The van der Waals surface area contributed by atoms with E-state index < -0.39 is 18.0 Å². The summed E-state index contributed by atoms with van der Waals surface area (Å²) >= 11 is 0. The molecule has 0 bridgehead atoms. The van der Waals surface area contributed by atoms with Crippen LogP contribution >= 0.6 is 0 Å². The van der Waals surface area contributed by atoms with E-state index in [1.165, 1.54) is 19.9 Å². The van der Waals surface area contributed by atoms with Gasteiger partial charge in [0.2, 0.25) is 5.91 Å². The van der Waals surface area contributed by atoms with Crippen LogP contribution in [0.2, 0.25) is 0 Å². The van der Waals surface area contributed by atoms with E-state index in [0.717, 1.165) is 11.3 Å². The van der Waals surface area contributed by atoms with Crippen molar-refractivity contribution in [3.63, 3.8) is 0 Å². The molecule has 0 aliphatic heterocycles. The van der Waals surface area contributed by atoms with Gasteiger partial charge in [-0.1, -0.05) is 18.2 Å². The number of rotatable bonds is 8. The molecule has 0 aliphatic carbocycles. The first-order valence-corrected chi connectivity index (χ1v) is 11.5. The molecular weight excluding hydrogens is 470 g/mol. The lowest BCUT2D eigenvalue weighted by molar-refractivity contribution is -0.148. The molecule has 2 N–H and O–H groups in total. The quantitative estimate of drug-likeness (QED) is 0.275. The van der Waals surface area contributed by atoms with Crippen molar-refractivity contribution in [1.82, 2.24) is 14.8 Å². The summed E-state index contributed by atoms with van der Waals surface area (Å²) in [5.41, 5.74) is 4.11. The average molecular weight is 496 g/mol. The number of aromatic nitrogens is 3. The van der Waals surface area contributed by atoms with Gasteiger partial charge in [-0.2, -0.15) is 5.10 Å². The highest BCUT2D eigenvalue weighted by atomic mass is 16.5. The van der Waals surface area contributed by atoms with Crippen LogP contribution in [0.3, 0.4) is 0 Å². The fourth-order valence-corrected chi connectivity index (χ4v) is 3.46. The molecule has 37 heavy (non-hydrogen) atoms. The van der Waals surface area contributed by atoms with Crippen molar-refractivity contribution in [2.45, 2.75) is 20.0 Å². The zero-order valence-electron chi connectivity index (χ0n) is 20.3. The molecule has 2 aromatic carbocycles. The number of carbonyl (C=O) groups is 3. The zero-order chi connectivity index (χ0) is 26.2. The van der Waals surface area contributed by atoms with Crippen LogP contribution in [0, 0.1) is 0 Å². The lowest BCUT2D eigenvalue weighted by Gasteiger charge is -2.12. The van der Waals surface area contributed by atoms with Crippen LogP contribution in [0.25, 0.3) is 23.0 Å². The monoisotopic (exact) mass is 495 g/mol. The maximum Gasteiger partial charge on any atom is 0.331 e. The summed E-state index contributed by atoms with van der Waals surface area (Å²) in [5, 5.41) is 10.0. The second-order valence-corrected chi connectivity index (χ2v) is 8.12. The van der Waals surface area contributed by atoms with Gasteiger partial charge < -0.3 is 15.4 Å². The maximum atomic E-state index is 12.5. The molecule has 1 atom stereocenters. The molecule has 0 saturated carbocycles. The zero-order valence-corrected chi connectivity index (χ0v) is 20.3. The standard InChI is InChI=1S/C28H25N5O4/c1-19(28(36)31-24-13-11-23(12-14-24)30-20(2)34)37-26(35)15-10-22-18-33(25-8-4-3-5-9-25)32-27(22)21-7-6-16-29-17-21/h3-19H,1-2H3,(H,30,34)(H,31,36)/b15-10+. The highest BCUT2D eigenvalue weighted by Gasteiger charge is 2.17. The molecule has 0 spiro atoms. The van der Waals surface area contributed by atoms with Gasteiger partial charge >= 0.3 is 5.97 Å². The second kappa shape index (κ2) is 11.6. The Kier molecular flexibility index (Phi) is 7.85. The molecule has 2 heterocycles. The number of pyridine rings is 1. The number of anilines is 2. The summed E-state index contributed by atoms with van der Waals surface area (Å²) < 4.78 is 7.01. The molecule has 9 nitrogen and oxygen atoms in total. The van der Waals surface area contributed by atoms with Crippen LogP contribution in [0.15, 0.2) is 91.4 Å². The van der Waals surface area contributed by atoms with Crippen LogP contribution in [0.5, 0.6) is 0 Å². The predicted octanol–water partition coefficient (Wildman–Crippen LogP) is 4.48. The first kappa shape index (κ1) is 25.1. The number of ether oxygens (including phenoxy) is 1. The molecule has 2 aromatic heterocycles. The summed E-state index contributed by atoms with van der Waals surface area (Å²) in [7, 11) is 0. The Morgan fingerprint density at radius 1 is 0.946 bits per heavy atom. The molecule has 0 fully saturated rings. The van der Waals surface area contributed by atoms with E-state index in [0.29, 0.717) is 22.6 Å². The third-order valence-corrected chi connectivity index (χ3v) is 5.23. The number of nitrogens with zero attached hydrogens (tertiary/aromatic N) is 3. The van der Waals surface area contributed by atoms with Crippen LogP contribution < -0.4 is 10.6 Å². The average Bonchev–Trinajstić information content (AvgIpc) is 3.34. The third-order valence-electron chi connectivity index (χ3n) is 5.23. The van der Waals surface area contributed by atoms with Crippen molar-refractivity contribution >= 4 is 35.2 Å². The van der Waals surface area contributed by atoms with Crippen molar-refractivity contribution < 1.29 is 19.1 Å². The van der Waals surface area contributed by atoms with E-state index in [-0.39, 0.29) is 5.91 Å². The summed E-state index contributed by atoms with van der Waals surface area (Å²) in [5.74, 6) is -1.35. The van der Waals surface area contributed by atoms with Gasteiger partial charge in [-0.25, -0.2) is 9.48 Å². The molecule has 2 amide bonds. The van der Waals surface area contributed by atoms with Crippen molar-refractivity contribution in [2.75, 3.05) is 10.6 Å². The van der Waals surface area contributed by atoms with Crippen molar-refractivity contribution in [3.8, 4) is 16.9 Å². The molecule has 0 aliphatic rings. The second-order valence-electron chi connectivity index (χ2n) is 8.12. The number of amides is 2. The first-order valence-electron chi connectivity index (χ1n) is 11.5. The van der Waals surface area contributed by atoms with Gasteiger partial charge in [0.1, 0.15) is 5.69 Å². The number of carbonyl (C=O) groups excluding carboxylic acids is 3. The Bertz CT molecular complexity index is 1410. The van der Waals surface area contributed by atoms with Gasteiger partial charge in [0, 0.05) is 54.1 Å². The highest BCUT2D eigenvalue weighted by Crippen LogP contribution is 2.24. The Labute approximate surface area is 213 Å². The topological polar surface area (TPSA) is 115 Å².